The first-order valence-corrected chi connectivity index (χ1v) is 7.12. The quantitative estimate of drug-likeness (QED) is 0.870. The van der Waals surface area contributed by atoms with Crippen molar-refractivity contribution in [3.05, 3.63) is 30.0 Å². The van der Waals surface area contributed by atoms with Crippen molar-refractivity contribution in [2.75, 3.05) is 5.32 Å². The number of hydrogen-bond acceptors (Lipinski definition) is 3. The molecule has 2 atom stereocenters. The summed E-state index contributed by atoms with van der Waals surface area (Å²) in [5.74, 6) is 0.872. The van der Waals surface area contributed by atoms with Gasteiger partial charge in [0.2, 0.25) is 0 Å². The van der Waals surface area contributed by atoms with Gasteiger partial charge in [-0.05, 0) is 20.3 Å². The van der Waals surface area contributed by atoms with Crippen LogP contribution in [-0.2, 0) is 0 Å². The van der Waals surface area contributed by atoms with Gasteiger partial charge in [0, 0.05) is 21.6 Å². The molecule has 96 valence electrons. The molecule has 0 aliphatic heterocycles. The molecule has 2 rings (SSSR count). The zero-order chi connectivity index (χ0) is 13.1. The minimum absolute atomic E-state index is 0.361. The van der Waals surface area contributed by atoms with Crippen LogP contribution in [0.4, 0.5) is 5.82 Å². The van der Waals surface area contributed by atoms with Crippen molar-refractivity contribution in [1.29, 1.82) is 0 Å². The largest absolute Gasteiger partial charge is 0.366 e. The number of aromatic nitrogens is 2. The van der Waals surface area contributed by atoms with E-state index in [2.05, 4.69) is 57.4 Å². The predicted molar refractivity (Wildman–Crippen MR) is 80.4 cm³/mol. The zero-order valence-electron chi connectivity index (χ0n) is 10.9. The minimum Gasteiger partial charge on any atom is -0.366 e. The molecule has 2 unspecified atom stereocenters. The van der Waals surface area contributed by atoms with E-state index in [0.717, 1.165) is 28.7 Å². The second-order valence-corrected chi connectivity index (χ2v) is 6.30. The summed E-state index contributed by atoms with van der Waals surface area (Å²) >= 11 is 3.57. The number of nitrogens with one attached hydrogen (secondary N) is 1. The Morgan fingerprint density at radius 2 is 1.83 bits per heavy atom. The third-order valence-corrected chi connectivity index (χ3v) is 3.31. The molecule has 0 bridgehead atoms. The van der Waals surface area contributed by atoms with Gasteiger partial charge in [-0.2, -0.15) is 5.10 Å². The highest BCUT2D eigenvalue weighted by molar-refractivity contribution is 9.09. The average molecular weight is 308 g/mol. The summed E-state index contributed by atoms with van der Waals surface area (Å²) in [6, 6.07) is 8.60. The number of anilines is 1. The molecule has 1 heterocycles. The standard InChI is InChI=1S/C14H18BrN3/c1-9(15)8-10(2)16-14-13-7-5-4-6-12(13)11(3)17-18-14/h4-7,9-10H,8H2,1-3H3,(H,16,18). The monoisotopic (exact) mass is 307 g/mol. The highest BCUT2D eigenvalue weighted by Gasteiger charge is 2.10. The van der Waals surface area contributed by atoms with Crippen molar-refractivity contribution in [1.82, 2.24) is 10.2 Å². The van der Waals surface area contributed by atoms with E-state index >= 15 is 0 Å². The van der Waals surface area contributed by atoms with Crippen molar-refractivity contribution in [3.8, 4) is 0 Å². The van der Waals surface area contributed by atoms with Crippen molar-refractivity contribution in [2.45, 2.75) is 38.1 Å². The molecule has 0 saturated heterocycles. The second kappa shape index (κ2) is 5.65. The van der Waals surface area contributed by atoms with Gasteiger partial charge in [-0.25, -0.2) is 0 Å². The summed E-state index contributed by atoms with van der Waals surface area (Å²) in [7, 11) is 0. The molecule has 0 saturated carbocycles. The molecule has 4 heteroatoms. The fraction of sp³-hybridized carbons (Fsp3) is 0.429. The minimum atomic E-state index is 0.361. The van der Waals surface area contributed by atoms with E-state index in [1.54, 1.807) is 0 Å². The summed E-state index contributed by atoms with van der Waals surface area (Å²) in [5.41, 5.74) is 0.970. The SMILES string of the molecule is Cc1nnc(NC(C)CC(C)Br)c2ccccc12. The number of aryl methyl sites for hydroxylation is 1. The highest BCUT2D eigenvalue weighted by Crippen LogP contribution is 2.23. The van der Waals surface area contributed by atoms with Gasteiger partial charge in [0.05, 0.1) is 5.69 Å². The van der Waals surface area contributed by atoms with E-state index in [1.807, 2.05) is 19.1 Å². The van der Waals surface area contributed by atoms with Crippen LogP contribution in [0.2, 0.25) is 0 Å². The molecule has 0 amide bonds. The van der Waals surface area contributed by atoms with Crippen LogP contribution in [0.3, 0.4) is 0 Å². The zero-order valence-corrected chi connectivity index (χ0v) is 12.5. The van der Waals surface area contributed by atoms with Crippen LogP contribution in [0.1, 0.15) is 26.0 Å². The second-order valence-electron chi connectivity index (χ2n) is 4.74. The Morgan fingerprint density at radius 3 is 2.50 bits per heavy atom. The van der Waals surface area contributed by atoms with Gasteiger partial charge in [0.25, 0.3) is 0 Å². The number of alkyl halides is 1. The number of fused-ring (bicyclic) bond motifs is 1. The van der Waals surface area contributed by atoms with Crippen LogP contribution in [0, 0.1) is 6.92 Å². The molecule has 0 aliphatic rings. The molecule has 0 spiro atoms. The van der Waals surface area contributed by atoms with Crippen LogP contribution in [0.15, 0.2) is 24.3 Å². The van der Waals surface area contributed by atoms with E-state index in [-0.39, 0.29) is 0 Å². The van der Waals surface area contributed by atoms with Crippen molar-refractivity contribution in [3.63, 3.8) is 0 Å². The fourth-order valence-corrected chi connectivity index (χ4v) is 2.68. The van der Waals surface area contributed by atoms with Gasteiger partial charge in [0.15, 0.2) is 5.82 Å². The van der Waals surface area contributed by atoms with Crippen LogP contribution in [0.5, 0.6) is 0 Å². The summed E-state index contributed by atoms with van der Waals surface area (Å²) in [5, 5.41) is 14.2. The van der Waals surface area contributed by atoms with Crippen molar-refractivity contribution < 1.29 is 0 Å². The van der Waals surface area contributed by atoms with Gasteiger partial charge in [0.1, 0.15) is 0 Å². The maximum atomic E-state index is 4.28. The van der Waals surface area contributed by atoms with E-state index in [0.29, 0.717) is 10.9 Å². The number of benzene rings is 1. The van der Waals surface area contributed by atoms with Gasteiger partial charge >= 0.3 is 0 Å². The van der Waals surface area contributed by atoms with Crippen LogP contribution >= 0.6 is 15.9 Å². The molecule has 18 heavy (non-hydrogen) atoms. The molecule has 1 aromatic carbocycles. The maximum Gasteiger partial charge on any atom is 0.156 e. The lowest BCUT2D eigenvalue weighted by Crippen LogP contribution is -2.19. The van der Waals surface area contributed by atoms with Crippen LogP contribution < -0.4 is 5.32 Å². The number of nitrogens with zero attached hydrogens (tertiary/aromatic N) is 2. The Bertz CT molecular complexity index is 540. The summed E-state index contributed by atoms with van der Waals surface area (Å²) in [6.45, 7) is 6.30. The fourth-order valence-electron chi connectivity index (χ4n) is 2.12. The Kier molecular flexibility index (Phi) is 4.17. The van der Waals surface area contributed by atoms with Gasteiger partial charge in [-0.1, -0.05) is 47.1 Å². The van der Waals surface area contributed by atoms with Crippen LogP contribution in [-0.4, -0.2) is 21.1 Å². The maximum absolute atomic E-state index is 4.28. The number of rotatable bonds is 4. The summed E-state index contributed by atoms with van der Waals surface area (Å²) in [4.78, 5) is 0.490. The lowest BCUT2D eigenvalue weighted by Gasteiger charge is -2.17. The van der Waals surface area contributed by atoms with Gasteiger partial charge < -0.3 is 5.32 Å². The van der Waals surface area contributed by atoms with Crippen molar-refractivity contribution in [2.24, 2.45) is 0 Å². The molecule has 3 nitrogen and oxygen atoms in total. The van der Waals surface area contributed by atoms with Crippen LogP contribution in [0.25, 0.3) is 10.8 Å². The number of halogens is 1. The smallest absolute Gasteiger partial charge is 0.156 e. The lowest BCUT2D eigenvalue weighted by molar-refractivity contribution is 0.703. The molecule has 0 radical (unpaired) electrons. The highest BCUT2D eigenvalue weighted by atomic mass is 79.9. The first kappa shape index (κ1) is 13.3. The van der Waals surface area contributed by atoms with Gasteiger partial charge in [-0.15, -0.1) is 5.10 Å². The number of hydrogen-bond donors (Lipinski definition) is 1. The topological polar surface area (TPSA) is 37.8 Å². The predicted octanol–water partition coefficient (Wildman–Crippen LogP) is 3.91. The van der Waals surface area contributed by atoms with E-state index < -0.39 is 0 Å². The average Bonchev–Trinajstić information content (AvgIpc) is 2.32. The summed E-state index contributed by atoms with van der Waals surface area (Å²) < 4.78 is 0. The van der Waals surface area contributed by atoms with E-state index in [4.69, 9.17) is 0 Å². The molecule has 1 N–H and O–H groups in total. The van der Waals surface area contributed by atoms with Gasteiger partial charge in [-0.3, -0.25) is 0 Å². The molecule has 2 aromatic rings. The van der Waals surface area contributed by atoms with Crippen molar-refractivity contribution >= 4 is 32.5 Å². The first-order chi connectivity index (χ1) is 8.58. The Morgan fingerprint density at radius 1 is 1.17 bits per heavy atom. The van der Waals surface area contributed by atoms with E-state index in [1.165, 1.54) is 0 Å². The third kappa shape index (κ3) is 2.99. The third-order valence-electron chi connectivity index (χ3n) is 2.93. The molecular formula is C14H18BrN3. The summed E-state index contributed by atoms with van der Waals surface area (Å²) in [6.07, 6.45) is 1.05. The molecular weight excluding hydrogens is 290 g/mol. The Labute approximate surface area is 116 Å². The molecule has 1 aromatic heterocycles. The molecule has 0 fully saturated rings. The normalized spacial score (nSPS) is 14.4. The Hall–Kier alpha value is -1.16. The Balaban J connectivity index is 2.31. The first-order valence-electron chi connectivity index (χ1n) is 6.20. The molecule has 0 aliphatic carbocycles. The van der Waals surface area contributed by atoms with E-state index in [9.17, 15) is 0 Å². The lowest BCUT2D eigenvalue weighted by atomic mass is 10.1.